The largest absolute Gasteiger partial charge is 0.482 e. The molecule has 0 radical (unpaired) electrons. The van der Waals surface area contributed by atoms with E-state index in [1.165, 1.54) is 11.4 Å². The first kappa shape index (κ1) is 12.0. The molecule has 1 rings (SSSR count). The van der Waals surface area contributed by atoms with E-state index in [1.54, 1.807) is 5.32 Å². The van der Waals surface area contributed by atoms with E-state index in [1.807, 2.05) is 0 Å². The summed E-state index contributed by atoms with van der Waals surface area (Å²) >= 11 is 0.975. The maximum absolute atomic E-state index is 10.9. The van der Waals surface area contributed by atoms with Gasteiger partial charge in [-0.25, -0.2) is 9.59 Å². The van der Waals surface area contributed by atoms with Gasteiger partial charge in [-0.2, -0.15) is 0 Å². The lowest BCUT2D eigenvalue weighted by molar-refractivity contribution is -0.121. The maximum Gasteiger partial charge on any atom is 0.349 e. The van der Waals surface area contributed by atoms with Crippen LogP contribution in [0.15, 0.2) is 11.4 Å². The van der Waals surface area contributed by atoms with Gasteiger partial charge in [0.25, 0.3) is 5.91 Å². The average molecular weight is 244 g/mol. The van der Waals surface area contributed by atoms with Crippen LogP contribution in [0.25, 0.3) is 0 Å². The molecule has 8 heteroatoms. The summed E-state index contributed by atoms with van der Waals surface area (Å²) in [5.74, 6) is -1.80. The molecule has 1 aromatic heterocycles. The van der Waals surface area contributed by atoms with E-state index in [9.17, 15) is 14.4 Å². The van der Waals surface area contributed by atoms with Crippen molar-refractivity contribution in [1.29, 1.82) is 0 Å². The van der Waals surface area contributed by atoms with Gasteiger partial charge in [0.1, 0.15) is 5.75 Å². The minimum absolute atomic E-state index is 0.00752. The Kier molecular flexibility index (Phi) is 3.84. The minimum Gasteiger partial charge on any atom is -0.482 e. The molecule has 0 spiro atoms. The third-order valence-corrected chi connectivity index (χ3v) is 2.33. The molecule has 0 aromatic carbocycles. The highest BCUT2D eigenvalue weighted by Crippen LogP contribution is 2.24. The van der Waals surface area contributed by atoms with Gasteiger partial charge in [0, 0.05) is 0 Å². The summed E-state index contributed by atoms with van der Waals surface area (Å²) < 4.78 is 4.91. The quantitative estimate of drug-likeness (QED) is 0.689. The second-order valence-electron chi connectivity index (χ2n) is 2.62. The molecule has 86 valence electrons. The first-order valence-corrected chi connectivity index (χ1v) is 4.91. The van der Waals surface area contributed by atoms with Gasteiger partial charge in [0.2, 0.25) is 0 Å². The Labute approximate surface area is 93.8 Å². The Morgan fingerprint density at radius 2 is 2.19 bits per heavy atom. The number of primary amides is 1. The fourth-order valence-corrected chi connectivity index (χ4v) is 1.56. The SMILES string of the molecule is NC(=O)NC(=O)COc1ccsc1C(=O)O. The molecule has 4 N–H and O–H groups in total. The van der Waals surface area contributed by atoms with Crippen LogP contribution in [0.3, 0.4) is 0 Å². The van der Waals surface area contributed by atoms with Crippen molar-refractivity contribution in [3.63, 3.8) is 0 Å². The van der Waals surface area contributed by atoms with Gasteiger partial charge in [-0.15, -0.1) is 11.3 Å². The summed E-state index contributed by atoms with van der Waals surface area (Å²) in [6.45, 7) is -0.472. The number of ether oxygens (including phenoxy) is 1. The van der Waals surface area contributed by atoms with E-state index in [0.717, 1.165) is 11.3 Å². The Morgan fingerprint density at radius 3 is 2.75 bits per heavy atom. The van der Waals surface area contributed by atoms with Crippen LogP contribution in [0.4, 0.5) is 4.79 Å². The van der Waals surface area contributed by atoms with Crippen molar-refractivity contribution in [2.75, 3.05) is 6.61 Å². The summed E-state index contributed by atoms with van der Waals surface area (Å²) in [5.41, 5.74) is 4.70. The molecule has 0 aliphatic rings. The summed E-state index contributed by atoms with van der Waals surface area (Å²) in [5, 5.41) is 12.0. The zero-order chi connectivity index (χ0) is 12.1. The van der Waals surface area contributed by atoms with Crippen LogP contribution in [0.2, 0.25) is 0 Å². The number of aromatic carboxylic acids is 1. The third-order valence-electron chi connectivity index (χ3n) is 1.44. The van der Waals surface area contributed by atoms with Gasteiger partial charge in [-0.3, -0.25) is 10.1 Å². The standard InChI is InChI=1S/C8H8N2O5S/c9-8(14)10-5(11)3-15-4-1-2-16-6(4)7(12)13/h1-2H,3H2,(H,12,13)(H3,9,10,11,14). The molecule has 0 atom stereocenters. The van der Waals surface area contributed by atoms with Crippen molar-refractivity contribution >= 4 is 29.2 Å². The van der Waals surface area contributed by atoms with Crippen LogP contribution in [0.1, 0.15) is 9.67 Å². The molecular formula is C8H8N2O5S. The van der Waals surface area contributed by atoms with E-state index in [-0.39, 0.29) is 10.6 Å². The summed E-state index contributed by atoms with van der Waals surface area (Å²) in [6, 6.07) is 0.434. The molecule has 1 aromatic rings. The van der Waals surface area contributed by atoms with E-state index < -0.39 is 24.5 Å². The lowest BCUT2D eigenvalue weighted by atomic mass is 10.4. The van der Waals surface area contributed by atoms with Crippen LogP contribution in [-0.2, 0) is 4.79 Å². The Balaban J connectivity index is 2.54. The maximum atomic E-state index is 10.9. The average Bonchev–Trinajstić information content (AvgIpc) is 2.61. The molecule has 0 saturated heterocycles. The smallest absolute Gasteiger partial charge is 0.349 e. The minimum atomic E-state index is -1.14. The number of rotatable bonds is 4. The number of imide groups is 1. The molecule has 0 unspecified atom stereocenters. The first-order chi connectivity index (χ1) is 7.50. The normalized spacial score (nSPS) is 9.50. The Morgan fingerprint density at radius 1 is 1.50 bits per heavy atom. The van der Waals surface area contributed by atoms with E-state index in [4.69, 9.17) is 15.6 Å². The molecule has 0 aliphatic heterocycles. The number of hydrogen-bond acceptors (Lipinski definition) is 5. The lowest BCUT2D eigenvalue weighted by Crippen LogP contribution is -2.38. The number of carboxylic acid groups (broad SMARTS) is 1. The van der Waals surface area contributed by atoms with Crippen LogP contribution in [-0.4, -0.2) is 29.6 Å². The highest BCUT2D eigenvalue weighted by Gasteiger charge is 2.14. The van der Waals surface area contributed by atoms with Crippen molar-refractivity contribution in [2.45, 2.75) is 0 Å². The summed E-state index contributed by atoms with van der Waals surface area (Å²) in [6.07, 6.45) is 0. The topological polar surface area (TPSA) is 119 Å². The van der Waals surface area contributed by atoms with Crippen molar-refractivity contribution in [3.8, 4) is 5.75 Å². The predicted octanol–water partition coefficient (Wildman–Crippen LogP) is 0.0200. The zero-order valence-electron chi connectivity index (χ0n) is 7.93. The van der Waals surface area contributed by atoms with E-state index in [2.05, 4.69) is 0 Å². The fourth-order valence-electron chi connectivity index (χ4n) is 0.884. The molecule has 0 bridgehead atoms. The molecule has 0 aliphatic carbocycles. The Bertz CT molecular complexity index is 428. The summed E-state index contributed by atoms with van der Waals surface area (Å²) in [7, 11) is 0. The van der Waals surface area contributed by atoms with Gasteiger partial charge in [-0.1, -0.05) is 0 Å². The Hall–Kier alpha value is -2.09. The second-order valence-corrected chi connectivity index (χ2v) is 3.54. The second kappa shape index (κ2) is 5.12. The van der Waals surface area contributed by atoms with Crippen LogP contribution >= 0.6 is 11.3 Å². The van der Waals surface area contributed by atoms with Crippen molar-refractivity contribution < 1.29 is 24.2 Å². The number of hydrogen-bond donors (Lipinski definition) is 3. The van der Waals surface area contributed by atoms with Crippen molar-refractivity contribution in [2.24, 2.45) is 5.73 Å². The predicted molar refractivity (Wildman–Crippen MR) is 54.5 cm³/mol. The molecular weight excluding hydrogens is 236 g/mol. The third kappa shape index (κ3) is 3.24. The van der Waals surface area contributed by atoms with Crippen LogP contribution in [0, 0.1) is 0 Å². The highest BCUT2D eigenvalue weighted by molar-refractivity contribution is 7.12. The number of carboxylic acids is 1. The number of urea groups is 1. The number of amides is 3. The number of carbonyl (C=O) groups is 3. The number of carbonyl (C=O) groups excluding carboxylic acids is 2. The lowest BCUT2D eigenvalue weighted by Gasteiger charge is -2.04. The molecule has 0 saturated carbocycles. The van der Waals surface area contributed by atoms with Crippen LogP contribution in [0.5, 0.6) is 5.75 Å². The molecule has 0 fully saturated rings. The monoisotopic (exact) mass is 244 g/mol. The van der Waals surface area contributed by atoms with Crippen molar-refractivity contribution in [1.82, 2.24) is 5.32 Å². The zero-order valence-corrected chi connectivity index (χ0v) is 8.74. The van der Waals surface area contributed by atoms with Gasteiger partial charge < -0.3 is 15.6 Å². The van der Waals surface area contributed by atoms with E-state index in [0.29, 0.717) is 0 Å². The molecule has 16 heavy (non-hydrogen) atoms. The van der Waals surface area contributed by atoms with Gasteiger partial charge in [0.15, 0.2) is 11.5 Å². The number of nitrogens with two attached hydrogens (primary N) is 1. The van der Waals surface area contributed by atoms with Crippen molar-refractivity contribution in [3.05, 3.63) is 16.3 Å². The fraction of sp³-hybridized carbons (Fsp3) is 0.125. The summed E-state index contributed by atoms with van der Waals surface area (Å²) in [4.78, 5) is 31.9. The van der Waals surface area contributed by atoms with Gasteiger partial charge in [-0.05, 0) is 11.4 Å². The van der Waals surface area contributed by atoms with Crippen LogP contribution < -0.4 is 15.8 Å². The van der Waals surface area contributed by atoms with Gasteiger partial charge >= 0.3 is 12.0 Å². The van der Waals surface area contributed by atoms with E-state index >= 15 is 0 Å². The highest BCUT2D eigenvalue weighted by atomic mass is 32.1. The molecule has 1 heterocycles. The van der Waals surface area contributed by atoms with Gasteiger partial charge in [0.05, 0.1) is 0 Å². The first-order valence-electron chi connectivity index (χ1n) is 4.03. The molecule has 7 nitrogen and oxygen atoms in total. The molecule has 3 amide bonds. The number of thiophene rings is 1. The number of nitrogens with one attached hydrogen (secondary N) is 1.